The van der Waals surface area contributed by atoms with Gasteiger partial charge in [0.15, 0.2) is 0 Å². The SMILES string of the molecule is CN(Cc1cncc(-c2nn[nH]n2)c1)Cc1nccn1CC(F)(F)F. The van der Waals surface area contributed by atoms with E-state index in [1.165, 1.54) is 12.4 Å². The molecule has 25 heavy (non-hydrogen) atoms. The van der Waals surface area contributed by atoms with Crippen molar-refractivity contribution < 1.29 is 13.2 Å². The van der Waals surface area contributed by atoms with Crippen LogP contribution in [0.25, 0.3) is 11.4 Å². The Balaban J connectivity index is 1.67. The lowest BCUT2D eigenvalue weighted by molar-refractivity contribution is -0.141. The number of imidazole rings is 1. The number of rotatable bonds is 6. The first kappa shape index (κ1) is 17.0. The number of aromatic nitrogens is 7. The van der Waals surface area contributed by atoms with Crippen LogP contribution in [0.4, 0.5) is 13.2 Å². The van der Waals surface area contributed by atoms with Gasteiger partial charge in [-0.3, -0.25) is 9.88 Å². The van der Waals surface area contributed by atoms with Gasteiger partial charge in [-0.15, -0.1) is 10.2 Å². The largest absolute Gasteiger partial charge is 0.406 e. The number of aromatic amines is 1. The summed E-state index contributed by atoms with van der Waals surface area (Å²) in [7, 11) is 1.80. The Morgan fingerprint density at radius 2 is 2.08 bits per heavy atom. The Labute approximate surface area is 140 Å². The number of tetrazole rings is 1. The number of halogens is 3. The van der Waals surface area contributed by atoms with Crippen molar-refractivity contribution in [2.45, 2.75) is 25.8 Å². The van der Waals surface area contributed by atoms with Crippen molar-refractivity contribution in [3.63, 3.8) is 0 Å². The van der Waals surface area contributed by atoms with Crippen molar-refractivity contribution in [2.24, 2.45) is 0 Å². The number of nitrogens with zero attached hydrogens (tertiary/aromatic N) is 7. The highest BCUT2D eigenvalue weighted by atomic mass is 19.4. The van der Waals surface area contributed by atoms with Gasteiger partial charge in [0.25, 0.3) is 0 Å². The molecule has 3 heterocycles. The third-order valence-electron chi connectivity index (χ3n) is 3.41. The number of nitrogens with one attached hydrogen (secondary N) is 1. The second-order valence-electron chi connectivity index (χ2n) is 5.58. The van der Waals surface area contributed by atoms with Gasteiger partial charge in [0.05, 0.1) is 6.54 Å². The summed E-state index contributed by atoms with van der Waals surface area (Å²) < 4.78 is 38.8. The third kappa shape index (κ3) is 4.59. The average molecular weight is 352 g/mol. The number of hydrogen-bond donors (Lipinski definition) is 1. The van der Waals surface area contributed by atoms with E-state index in [4.69, 9.17) is 0 Å². The molecule has 3 rings (SSSR count). The molecular formula is C14H15F3N8. The highest BCUT2D eigenvalue weighted by molar-refractivity contribution is 5.52. The predicted molar refractivity (Wildman–Crippen MR) is 80.9 cm³/mol. The normalized spacial score (nSPS) is 12.0. The Kier molecular flexibility index (Phi) is 4.74. The molecule has 11 heteroatoms. The first-order valence-corrected chi connectivity index (χ1v) is 7.34. The topological polar surface area (TPSA) is 88.4 Å². The maximum Gasteiger partial charge on any atom is 0.406 e. The molecule has 0 amide bonds. The van der Waals surface area contributed by atoms with Crippen molar-refractivity contribution in [3.05, 3.63) is 42.2 Å². The van der Waals surface area contributed by atoms with Crippen LogP contribution in [-0.4, -0.2) is 53.3 Å². The van der Waals surface area contributed by atoms with E-state index in [0.717, 1.165) is 10.1 Å². The number of hydrogen-bond acceptors (Lipinski definition) is 6. The van der Waals surface area contributed by atoms with Crippen molar-refractivity contribution in [1.82, 2.24) is 40.1 Å². The molecule has 0 spiro atoms. The lowest BCUT2D eigenvalue weighted by atomic mass is 10.2. The van der Waals surface area contributed by atoms with Crippen LogP contribution in [0.1, 0.15) is 11.4 Å². The van der Waals surface area contributed by atoms with E-state index in [9.17, 15) is 13.2 Å². The zero-order valence-corrected chi connectivity index (χ0v) is 13.3. The van der Waals surface area contributed by atoms with Crippen molar-refractivity contribution >= 4 is 0 Å². The molecule has 0 fully saturated rings. The molecule has 0 atom stereocenters. The highest BCUT2D eigenvalue weighted by Crippen LogP contribution is 2.19. The van der Waals surface area contributed by atoms with E-state index in [2.05, 4.69) is 30.6 Å². The Hall–Kier alpha value is -2.82. The zero-order valence-electron chi connectivity index (χ0n) is 13.3. The van der Waals surface area contributed by atoms with Crippen molar-refractivity contribution in [1.29, 1.82) is 0 Å². The van der Waals surface area contributed by atoms with E-state index in [0.29, 0.717) is 23.8 Å². The standard InChI is InChI=1S/C14H15F3N8/c1-24(8-12-19-2-3-25(12)9-14(15,16)17)7-10-4-11(6-18-5-10)13-20-22-23-21-13/h2-6H,7-9H2,1H3,(H,20,21,22,23). The molecule has 3 aromatic heterocycles. The maximum atomic E-state index is 12.6. The third-order valence-corrected chi connectivity index (χ3v) is 3.41. The van der Waals surface area contributed by atoms with Gasteiger partial charge in [0.1, 0.15) is 12.4 Å². The van der Waals surface area contributed by atoms with Crippen molar-refractivity contribution in [3.8, 4) is 11.4 Å². The van der Waals surface area contributed by atoms with Gasteiger partial charge in [-0.05, 0) is 23.9 Å². The number of H-pyrrole nitrogens is 1. The molecule has 0 aromatic carbocycles. The zero-order chi connectivity index (χ0) is 17.9. The fraction of sp³-hybridized carbons (Fsp3) is 0.357. The fourth-order valence-electron chi connectivity index (χ4n) is 2.42. The molecule has 1 N–H and O–H groups in total. The van der Waals surface area contributed by atoms with Crippen LogP contribution < -0.4 is 0 Å². The van der Waals surface area contributed by atoms with E-state index >= 15 is 0 Å². The smallest absolute Gasteiger partial charge is 0.325 e. The molecule has 0 aliphatic heterocycles. The molecule has 0 saturated carbocycles. The number of alkyl halides is 3. The van der Waals surface area contributed by atoms with Gasteiger partial charge >= 0.3 is 6.18 Å². The Morgan fingerprint density at radius 3 is 2.80 bits per heavy atom. The molecule has 0 saturated heterocycles. The minimum Gasteiger partial charge on any atom is -0.325 e. The summed E-state index contributed by atoms with van der Waals surface area (Å²) in [6.07, 6.45) is 1.71. The maximum absolute atomic E-state index is 12.6. The molecule has 0 aliphatic rings. The van der Waals surface area contributed by atoms with Crippen LogP contribution in [0.2, 0.25) is 0 Å². The van der Waals surface area contributed by atoms with E-state index in [1.54, 1.807) is 19.4 Å². The summed E-state index contributed by atoms with van der Waals surface area (Å²) >= 11 is 0. The van der Waals surface area contributed by atoms with Crippen molar-refractivity contribution in [2.75, 3.05) is 7.05 Å². The van der Waals surface area contributed by atoms with Gasteiger partial charge in [0.2, 0.25) is 5.82 Å². The molecule has 0 unspecified atom stereocenters. The summed E-state index contributed by atoms with van der Waals surface area (Å²) in [5.41, 5.74) is 1.58. The molecule has 0 radical (unpaired) electrons. The molecular weight excluding hydrogens is 337 g/mol. The first-order valence-electron chi connectivity index (χ1n) is 7.34. The van der Waals surface area contributed by atoms with Crippen LogP contribution in [0.3, 0.4) is 0 Å². The molecule has 0 aliphatic carbocycles. The monoisotopic (exact) mass is 352 g/mol. The first-order chi connectivity index (χ1) is 11.9. The summed E-state index contributed by atoms with van der Waals surface area (Å²) in [5, 5.41) is 13.7. The highest BCUT2D eigenvalue weighted by Gasteiger charge is 2.28. The average Bonchev–Trinajstić information content (AvgIpc) is 3.19. The molecule has 132 valence electrons. The summed E-state index contributed by atoms with van der Waals surface area (Å²) in [6.45, 7) is -0.294. The second kappa shape index (κ2) is 6.97. The lowest BCUT2D eigenvalue weighted by Gasteiger charge is -2.18. The molecule has 8 nitrogen and oxygen atoms in total. The quantitative estimate of drug-likeness (QED) is 0.726. The van der Waals surface area contributed by atoms with Gasteiger partial charge < -0.3 is 4.57 Å². The minimum absolute atomic E-state index is 0.273. The Bertz CT molecular complexity index is 812. The molecule has 3 aromatic rings. The predicted octanol–water partition coefficient (Wildman–Crippen LogP) is 1.65. The fourth-order valence-corrected chi connectivity index (χ4v) is 2.42. The van der Waals surface area contributed by atoms with Crippen LogP contribution >= 0.6 is 0 Å². The van der Waals surface area contributed by atoms with E-state index < -0.39 is 12.7 Å². The van der Waals surface area contributed by atoms with Gasteiger partial charge in [0, 0.05) is 36.9 Å². The second-order valence-corrected chi connectivity index (χ2v) is 5.58. The van der Waals surface area contributed by atoms with Gasteiger partial charge in [-0.1, -0.05) is 0 Å². The lowest BCUT2D eigenvalue weighted by Crippen LogP contribution is -2.24. The Morgan fingerprint density at radius 1 is 1.24 bits per heavy atom. The van der Waals surface area contributed by atoms with Crippen LogP contribution in [0.5, 0.6) is 0 Å². The van der Waals surface area contributed by atoms with Gasteiger partial charge in [-0.25, -0.2) is 4.98 Å². The van der Waals surface area contributed by atoms with Crippen LogP contribution in [0.15, 0.2) is 30.9 Å². The number of pyridine rings is 1. The summed E-state index contributed by atoms with van der Waals surface area (Å²) in [6, 6.07) is 1.86. The van der Waals surface area contributed by atoms with Gasteiger partial charge in [-0.2, -0.15) is 18.4 Å². The van der Waals surface area contributed by atoms with Crippen LogP contribution in [-0.2, 0) is 19.6 Å². The molecule has 0 bridgehead atoms. The van der Waals surface area contributed by atoms with E-state index in [-0.39, 0.29) is 6.54 Å². The van der Waals surface area contributed by atoms with E-state index in [1.807, 2.05) is 11.0 Å². The summed E-state index contributed by atoms with van der Waals surface area (Å²) in [4.78, 5) is 10.0. The summed E-state index contributed by atoms with van der Waals surface area (Å²) in [5.74, 6) is 0.778. The van der Waals surface area contributed by atoms with Crippen LogP contribution in [0, 0.1) is 0 Å². The minimum atomic E-state index is -4.28.